The quantitative estimate of drug-likeness (QED) is 0.450. The van der Waals surface area contributed by atoms with Gasteiger partial charge in [-0.25, -0.2) is 8.42 Å². The molecule has 0 aliphatic heterocycles. The summed E-state index contributed by atoms with van der Waals surface area (Å²) in [5.41, 5.74) is 1.25. The number of fused-ring (bicyclic) bond motifs is 1. The highest BCUT2D eigenvalue weighted by Crippen LogP contribution is 2.23. The predicted molar refractivity (Wildman–Crippen MR) is 107 cm³/mol. The SMILES string of the molecule is CCn1c(=NC(=O)CS(=O)(=O)Cc2ccccc2)sc2cc([N+](=O)[O-])ccc21. The Hall–Kier alpha value is -2.85. The molecule has 0 saturated heterocycles. The van der Waals surface area contributed by atoms with Gasteiger partial charge in [0.1, 0.15) is 5.75 Å². The minimum Gasteiger partial charge on any atom is -0.317 e. The van der Waals surface area contributed by atoms with Gasteiger partial charge in [-0.2, -0.15) is 4.99 Å². The van der Waals surface area contributed by atoms with Crippen molar-refractivity contribution in [1.29, 1.82) is 0 Å². The fourth-order valence-corrected chi connectivity index (χ4v) is 5.16. The summed E-state index contributed by atoms with van der Waals surface area (Å²) in [5, 5.41) is 10.9. The van der Waals surface area contributed by atoms with Gasteiger partial charge in [-0.1, -0.05) is 41.7 Å². The van der Waals surface area contributed by atoms with Crippen LogP contribution in [0.25, 0.3) is 10.2 Å². The van der Waals surface area contributed by atoms with Crippen molar-refractivity contribution in [2.45, 2.75) is 19.2 Å². The number of thiazole rings is 1. The lowest BCUT2D eigenvalue weighted by Crippen LogP contribution is -2.21. The van der Waals surface area contributed by atoms with Crippen LogP contribution in [0.4, 0.5) is 5.69 Å². The van der Waals surface area contributed by atoms with E-state index < -0.39 is 26.4 Å². The van der Waals surface area contributed by atoms with E-state index in [0.717, 1.165) is 11.3 Å². The number of nitro groups is 1. The van der Waals surface area contributed by atoms with Gasteiger partial charge < -0.3 is 4.57 Å². The second-order valence-corrected chi connectivity index (χ2v) is 9.14. The molecule has 8 nitrogen and oxygen atoms in total. The third kappa shape index (κ3) is 4.52. The molecule has 3 aromatic rings. The first-order valence-corrected chi connectivity index (χ1v) is 11.0. The van der Waals surface area contributed by atoms with Crippen molar-refractivity contribution in [3.05, 3.63) is 69.0 Å². The number of carbonyl (C=O) groups excluding carboxylic acids is 1. The Morgan fingerprint density at radius 2 is 1.93 bits per heavy atom. The van der Waals surface area contributed by atoms with E-state index in [1.807, 2.05) is 6.92 Å². The van der Waals surface area contributed by atoms with Gasteiger partial charge in [0.2, 0.25) is 0 Å². The second-order valence-electron chi connectivity index (χ2n) is 6.06. The fraction of sp³-hybridized carbons (Fsp3) is 0.222. The largest absolute Gasteiger partial charge is 0.317 e. The highest BCUT2D eigenvalue weighted by Gasteiger charge is 2.18. The van der Waals surface area contributed by atoms with E-state index in [1.165, 1.54) is 12.1 Å². The Labute approximate surface area is 164 Å². The lowest BCUT2D eigenvalue weighted by Gasteiger charge is -2.02. The average Bonchev–Trinajstić information content (AvgIpc) is 2.97. The minimum atomic E-state index is -3.66. The molecule has 1 aromatic heterocycles. The van der Waals surface area contributed by atoms with Crippen molar-refractivity contribution in [2.24, 2.45) is 4.99 Å². The van der Waals surface area contributed by atoms with Gasteiger partial charge in [0, 0.05) is 18.7 Å². The van der Waals surface area contributed by atoms with Crippen molar-refractivity contribution < 1.29 is 18.1 Å². The summed E-state index contributed by atoms with van der Waals surface area (Å²) in [6.07, 6.45) is 0. The molecule has 0 N–H and O–H groups in total. The number of hydrogen-bond donors (Lipinski definition) is 0. The molecule has 0 spiro atoms. The van der Waals surface area contributed by atoms with Gasteiger partial charge in [0.25, 0.3) is 11.6 Å². The number of aromatic nitrogens is 1. The molecule has 0 saturated carbocycles. The first-order chi connectivity index (χ1) is 13.3. The Balaban J connectivity index is 1.90. The number of hydrogen-bond acceptors (Lipinski definition) is 6. The maximum Gasteiger partial charge on any atom is 0.270 e. The minimum absolute atomic E-state index is 0.0553. The van der Waals surface area contributed by atoms with Gasteiger partial charge >= 0.3 is 0 Å². The molecule has 28 heavy (non-hydrogen) atoms. The van der Waals surface area contributed by atoms with E-state index >= 15 is 0 Å². The molecule has 146 valence electrons. The molecule has 10 heteroatoms. The molecule has 0 fully saturated rings. The van der Waals surface area contributed by atoms with E-state index in [2.05, 4.69) is 4.99 Å². The normalized spacial score (nSPS) is 12.4. The molecular weight excluding hydrogens is 402 g/mol. The summed E-state index contributed by atoms with van der Waals surface area (Å²) in [7, 11) is -3.66. The van der Waals surface area contributed by atoms with Crippen LogP contribution in [0.15, 0.2) is 53.5 Å². The van der Waals surface area contributed by atoms with Crippen LogP contribution in [0.5, 0.6) is 0 Å². The Morgan fingerprint density at radius 3 is 2.57 bits per heavy atom. The molecule has 0 atom stereocenters. The van der Waals surface area contributed by atoms with Gasteiger partial charge in [-0.3, -0.25) is 14.9 Å². The Bertz CT molecular complexity index is 1210. The standard InChI is InChI=1S/C18H17N3O5S2/c1-2-20-15-9-8-14(21(23)24)10-16(15)27-18(20)19-17(22)12-28(25,26)11-13-6-4-3-5-7-13/h3-10H,2,11-12H2,1H3. The number of rotatable bonds is 6. The van der Waals surface area contributed by atoms with Crippen LogP contribution in [-0.2, 0) is 26.9 Å². The van der Waals surface area contributed by atoms with Crippen LogP contribution in [0.2, 0.25) is 0 Å². The van der Waals surface area contributed by atoms with Crippen molar-refractivity contribution in [3.63, 3.8) is 0 Å². The zero-order valence-electron chi connectivity index (χ0n) is 14.9. The van der Waals surface area contributed by atoms with E-state index in [9.17, 15) is 23.3 Å². The topological polar surface area (TPSA) is 112 Å². The highest BCUT2D eigenvalue weighted by molar-refractivity contribution is 7.91. The molecule has 1 amide bonds. The number of benzene rings is 2. The third-order valence-electron chi connectivity index (χ3n) is 3.99. The molecule has 0 bridgehead atoms. The molecule has 0 aliphatic rings. The van der Waals surface area contributed by atoms with Crippen LogP contribution in [-0.4, -0.2) is 29.6 Å². The first-order valence-electron chi connectivity index (χ1n) is 8.39. The summed E-state index contributed by atoms with van der Waals surface area (Å²) in [6.45, 7) is 2.34. The summed E-state index contributed by atoms with van der Waals surface area (Å²) in [5.74, 6) is -1.69. The number of carbonyl (C=O) groups is 1. The summed E-state index contributed by atoms with van der Waals surface area (Å²) in [6, 6.07) is 13.0. The van der Waals surface area contributed by atoms with Crippen molar-refractivity contribution in [2.75, 3.05) is 5.75 Å². The van der Waals surface area contributed by atoms with E-state index in [0.29, 0.717) is 27.1 Å². The Morgan fingerprint density at radius 1 is 1.21 bits per heavy atom. The number of nitrogens with zero attached hydrogens (tertiary/aromatic N) is 3. The van der Waals surface area contributed by atoms with Gasteiger partial charge in [0.05, 0.1) is 20.9 Å². The van der Waals surface area contributed by atoms with E-state index in [1.54, 1.807) is 41.0 Å². The Kier molecular flexibility index (Phi) is 5.71. The van der Waals surface area contributed by atoms with Gasteiger partial charge in [-0.05, 0) is 18.6 Å². The summed E-state index contributed by atoms with van der Waals surface area (Å²) in [4.78, 5) is 27.0. The van der Waals surface area contributed by atoms with Crippen molar-refractivity contribution in [3.8, 4) is 0 Å². The van der Waals surface area contributed by atoms with Crippen LogP contribution < -0.4 is 4.80 Å². The molecule has 1 heterocycles. The zero-order valence-corrected chi connectivity index (χ0v) is 16.6. The van der Waals surface area contributed by atoms with Crippen LogP contribution in [0.3, 0.4) is 0 Å². The number of aryl methyl sites for hydroxylation is 1. The third-order valence-corrected chi connectivity index (χ3v) is 6.49. The summed E-state index contributed by atoms with van der Waals surface area (Å²) >= 11 is 1.11. The van der Waals surface area contributed by atoms with E-state index in [-0.39, 0.29) is 11.4 Å². The van der Waals surface area contributed by atoms with Crippen molar-refractivity contribution >= 4 is 43.0 Å². The van der Waals surface area contributed by atoms with E-state index in [4.69, 9.17) is 0 Å². The number of sulfone groups is 1. The molecule has 2 aromatic carbocycles. The zero-order chi connectivity index (χ0) is 20.3. The lowest BCUT2D eigenvalue weighted by atomic mass is 10.2. The van der Waals surface area contributed by atoms with Crippen LogP contribution in [0, 0.1) is 10.1 Å². The lowest BCUT2D eigenvalue weighted by molar-refractivity contribution is -0.384. The number of nitro benzene ring substituents is 1. The molecule has 3 rings (SSSR count). The maximum atomic E-state index is 12.3. The smallest absolute Gasteiger partial charge is 0.270 e. The summed E-state index contributed by atoms with van der Waals surface area (Å²) < 4.78 is 26.9. The molecule has 0 radical (unpaired) electrons. The van der Waals surface area contributed by atoms with Gasteiger partial charge in [0.15, 0.2) is 14.6 Å². The second kappa shape index (κ2) is 8.03. The van der Waals surface area contributed by atoms with Gasteiger partial charge in [-0.15, -0.1) is 0 Å². The fourth-order valence-electron chi connectivity index (χ4n) is 2.77. The molecule has 0 unspecified atom stereocenters. The highest BCUT2D eigenvalue weighted by atomic mass is 32.2. The molecular formula is C18H17N3O5S2. The number of amides is 1. The molecule has 0 aliphatic carbocycles. The maximum absolute atomic E-state index is 12.3. The monoisotopic (exact) mass is 419 g/mol. The van der Waals surface area contributed by atoms with Crippen molar-refractivity contribution in [1.82, 2.24) is 4.57 Å². The number of non-ortho nitro benzene ring substituents is 1. The average molecular weight is 419 g/mol. The van der Waals surface area contributed by atoms with Crippen LogP contribution >= 0.6 is 11.3 Å². The first kappa shape index (κ1) is 19.9. The predicted octanol–water partition coefficient (Wildman–Crippen LogP) is 2.67. The van der Waals surface area contributed by atoms with Crippen LogP contribution in [0.1, 0.15) is 12.5 Å².